The Morgan fingerprint density at radius 2 is 1.81 bits per heavy atom. The Morgan fingerprint density at radius 3 is 2.43 bits per heavy atom. The molecule has 0 fully saturated rings. The lowest BCUT2D eigenvalue weighted by molar-refractivity contribution is -0.274. The summed E-state index contributed by atoms with van der Waals surface area (Å²) in [6.45, 7) is 0. The van der Waals surface area contributed by atoms with Gasteiger partial charge >= 0.3 is 6.36 Å². The molecule has 0 aliphatic heterocycles. The van der Waals surface area contributed by atoms with Crippen molar-refractivity contribution in [2.24, 2.45) is 0 Å². The average Bonchev–Trinajstić information content (AvgIpc) is 2.36. The summed E-state index contributed by atoms with van der Waals surface area (Å²) in [5.74, 6) is -0.386. The molecule has 0 spiro atoms. The lowest BCUT2D eigenvalue weighted by Crippen LogP contribution is -2.17. The fraction of sp³-hybridized carbons (Fsp3) is 0.0714. The van der Waals surface area contributed by atoms with Crippen molar-refractivity contribution in [1.29, 1.82) is 0 Å². The second kappa shape index (κ2) is 5.95. The van der Waals surface area contributed by atoms with E-state index in [-0.39, 0.29) is 11.3 Å². The summed E-state index contributed by atoms with van der Waals surface area (Å²) < 4.78 is 40.5. The molecule has 0 bridgehead atoms. The van der Waals surface area contributed by atoms with Crippen LogP contribution in [-0.2, 0) is 0 Å². The minimum absolute atomic E-state index is 0.105. The van der Waals surface area contributed by atoms with E-state index in [4.69, 9.17) is 23.2 Å². The summed E-state index contributed by atoms with van der Waals surface area (Å²) in [6, 6.07) is 9.62. The van der Waals surface area contributed by atoms with Gasteiger partial charge in [-0.05, 0) is 47.0 Å². The first kappa shape index (κ1) is 15.7. The van der Waals surface area contributed by atoms with Crippen LogP contribution in [0.4, 0.5) is 13.2 Å². The van der Waals surface area contributed by atoms with E-state index in [1.165, 1.54) is 36.4 Å². The number of halogens is 5. The average molecular weight is 335 g/mol. The summed E-state index contributed by atoms with van der Waals surface area (Å²) in [6.07, 6.45) is -4.79. The second-order valence-corrected chi connectivity index (χ2v) is 4.82. The molecule has 0 atom stereocenters. The van der Waals surface area contributed by atoms with Gasteiger partial charge in [-0.1, -0.05) is 29.8 Å². The number of carbonyl (C=O) groups is 1. The summed E-state index contributed by atoms with van der Waals surface area (Å²) in [5.41, 5.74) is 0.831. The Balaban J connectivity index is 2.48. The van der Waals surface area contributed by atoms with Gasteiger partial charge in [0.25, 0.3) is 5.24 Å². The van der Waals surface area contributed by atoms with Gasteiger partial charge in [0.05, 0.1) is 0 Å². The molecule has 2 rings (SSSR count). The van der Waals surface area contributed by atoms with Crippen molar-refractivity contribution < 1.29 is 22.7 Å². The number of carbonyl (C=O) groups excluding carboxylic acids is 1. The monoisotopic (exact) mass is 334 g/mol. The Hall–Kier alpha value is -1.72. The van der Waals surface area contributed by atoms with Crippen LogP contribution in [0.1, 0.15) is 10.4 Å². The highest BCUT2D eigenvalue weighted by Gasteiger charge is 2.31. The molecular weight excluding hydrogens is 328 g/mol. The molecule has 0 N–H and O–H groups in total. The number of ether oxygens (including phenoxy) is 1. The van der Waals surface area contributed by atoms with Crippen LogP contribution in [0, 0.1) is 0 Å². The van der Waals surface area contributed by atoms with Crippen molar-refractivity contribution in [3.8, 4) is 16.9 Å². The van der Waals surface area contributed by atoms with Crippen LogP contribution in [0.15, 0.2) is 42.5 Å². The Morgan fingerprint density at radius 1 is 1.10 bits per heavy atom. The zero-order chi connectivity index (χ0) is 15.6. The molecule has 0 unspecified atom stereocenters. The minimum atomic E-state index is -4.79. The van der Waals surface area contributed by atoms with E-state index >= 15 is 0 Å². The van der Waals surface area contributed by atoms with Crippen molar-refractivity contribution in [2.75, 3.05) is 0 Å². The van der Waals surface area contributed by atoms with Crippen LogP contribution in [0.25, 0.3) is 11.1 Å². The predicted octanol–water partition coefficient (Wildman–Crippen LogP) is 5.28. The lowest BCUT2D eigenvalue weighted by atomic mass is 10.0. The van der Waals surface area contributed by atoms with Crippen LogP contribution in [0.3, 0.4) is 0 Å². The molecule has 0 heterocycles. The first-order chi connectivity index (χ1) is 9.76. The number of benzene rings is 2. The third-order valence-electron chi connectivity index (χ3n) is 2.57. The van der Waals surface area contributed by atoms with E-state index in [9.17, 15) is 18.0 Å². The number of hydrogen-bond acceptors (Lipinski definition) is 2. The third-order valence-corrected chi connectivity index (χ3v) is 3.01. The Labute approximate surface area is 128 Å². The van der Waals surface area contributed by atoms with Crippen molar-refractivity contribution >= 4 is 28.4 Å². The van der Waals surface area contributed by atoms with Gasteiger partial charge in [0.1, 0.15) is 5.75 Å². The zero-order valence-corrected chi connectivity index (χ0v) is 11.8. The third kappa shape index (κ3) is 4.12. The fourth-order valence-corrected chi connectivity index (χ4v) is 2.12. The van der Waals surface area contributed by atoms with Gasteiger partial charge in [0.2, 0.25) is 0 Å². The molecule has 110 valence electrons. The molecule has 2 aromatic rings. The highest BCUT2D eigenvalue weighted by atomic mass is 35.5. The lowest BCUT2D eigenvalue weighted by Gasteiger charge is -2.11. The predicted molar refractivity (Wildman–Crippen MR) is 73.8 cm³/mol. The van der Waals surface area contributed by atoms with E-state index in [0.29, 0.717) is 16.1 Å². The topological polar surface area (TPSA) is 26.3 Å². The van der Waals surface area contributed by atoms with Gasteiger partial charge < -0.3 is 4.74 Å². The smallest absolute Gasteiger partial charge is 0.406 e. The molecule has 0 aromatic heterocycles. The second-order valence-electron chi connectivity index (χ2n) is 4.04. The molecule has 2 nitrogen and oxygen atoms in total. The van der Waals surface area contributed by atoms with Crippen LogP contribution in [0.5, 0.6) is 5.75 Å². The maximum absolute atomic E-state index is 12.2. The van der Waals surface area contributed by atoms with Gasteiger partial charge in [-0.25, -0.2) is 0 Å². The van der Waals surface area contributed by atoms with E-state index < -0.39 is 11.6 Å². The van der Waals surface area contributed by atoms with E-state index in [1.807, 2.05) is 0 Å². The molecule has 0 saturated carbocycles. The Kier molecular flexibility index (Phi) is 4.44. The Bertz CT molecular complexity index is 684. The highest BCUT2D eigenvalue weighted by molar-refractivity contribution is 6.68. The largest absolute Gasteiger partial charge is 0.573 e. The molecule has 0 amide bonds. The quantitative estimate of drug-likeness (QED) is 0.713. The molecule has 0 saturated heterocycles. The first-order valence-electron chi connectivity index (χ1n) is 5.62. The maximum atomic E-state index is 12.2. The van der Waals surface area contributed by atoms with Crippen LogP contribution in [0.2, 0.25) is 5.02 Å². The molecule has 0 aliphatic carbocycles. The van der Waals surface area contributed by atoms with Gasteiger partial charge in [0.15, 0.2) is 0 Å². The first-order valence-corrected chi connectivity index (χ1v) is 6.37. The summed E-state index contributed by atoms with van der Waals surface area (Å²) in [7, 11) is 0. The van der Waals surface area contributed by atoms with Crippen molar-refractivity contribution in [3.63, 3.8) is 0 Å². The molecule has 7 heteroatoms. The summed E-state index contributed by atoms with van der Waals surface area (Å²) in [5, 5.41) is -0.458. The van der Waals surface area contributed by atoms with E-state index in [2.05, 4.69) is 4.74 Å². The van der Waals surface area contributed by atoms with Crippen LogP contribution < -0.4 is 4.74 Å². The van der Waals surface area contributed by atoms with Crippen LogP contribution >= 0.6 is 23.2 Å². The number of hydrogen-bond donors (Lipinski definition) is 0. The highest BCUT2D eigenvalue weighted by Crippen LogP contribution is 2.31. The molecule has 0 radical (unpaired) electrons. The molecule has 2 aromatic carbocycles. The summed E-state index contributed by atoms with van der Waals surface area (Å²) in [4.78, 5) is 11.4. The SMILES string of the molecule is O=C(Cl)c1cc(Cl)ccc1-c1cccc(OC(F)(F)F)c1. The fourth-order valence-electron chi connectivity index (χ4n) is 1.79. The van der Waals surface area contributed by atoms with Crippen molar-refractivity contribution in [1.82, 2.24) is 0 Å². The molecule has 0 aliphatic rings. The zero-order valence-electron chi connectivity index (χ0n) is 10.2. The van der Waals surface area contributed by atoms with Crippen molar-refractivity contribution in [3.05, 3.63) is 53.1 Å². The van der Waals surface area contributed by atoms with Gasteiger partial charge in [-0.3, -0.25) is 4.79 Å². The molecular formula is C14H7Cl2F3O2. The van der Waals surface area contributed by atoms with Gasteiger partial charge in [-0.2, -0.15) is 0 Å². The van der Waals surface area contributed by atoms with E-state index in [1.54, 1.807) is 0 Å². The van der Waals surface area contributed by atoms with Gasteiger partial charge in [-0.15, -0.1) is 13.2 Å². The normalized spacial score (nSPS) is 11.3. The number of rotatable bonds is 3. The van der Waals surface area contributed by atoms with E-state index in [0.717, 1.165) is 6.07 Å². The summed E-state index contributed by atoms with van der Waals surface area (Å²) >= 11 is 11.3. The minimum Gasteiger partial charge on any atom is -0.406 e. The van der Waals surface area contributed by atoms with Gasteiger partial charge in [0, 0.05) is 10.6 Å². The number of alkyl halides is 3. The van der Waals surface area contributed by atoms with Crippen LogP contribution in [-0.4, -0.2) is 11.6 Å². The molecule has 21 heavy (non-hydrogen) atoms. The maximum Gasteiger partial charge on any atom is 0.573 e. The van der Waals surface area contributed by atoms with Crippen molar-refractivity contribution in [2.45, 2.75) is 6.36 Å². The standard InChI is InChI=1S/C14H7Cl2F3O2/c15-9-4-5-11(12(7-9)13(16)20)8-2-1-3-10(6-8)21-14(17,18)19/h1-7H.